The van der Waals surface area contributed by atoms with Crippen molar-refractivity contribution in [1.82, 2.24) is 9.88 Å². The van der Waals surface area contributed by atoms with E-state index in [4.69, 9.17) is 20.4 Å². The second kappa shape index (κ2) is 15.0. The van der Waals surface area contributed by atoms with E-state index in [9.17, 15) is 14.4 Å². The van der Waals surface area contributed by atoms with Crippen LogP contribution >= 0.6 is 0 Å². The van der Waals surface area contributed by atoms with Crippen molar-refractivity contribution in [2.45, 2.75) is 120 Å². The molecular formula is C33H50N2O7. The first-order valence-electron chi connectivity index (χ1n) is 15.6. The number of carbonyl (C=O) groups is 3. The number of hydrogen-bond acceptors (Lipinski definition) is 5. The molecule has 0 saturated heterocycles. The molecule has 1 aromatic carbocycles. The van der Waals surface area contributed by atoms with Crippen molar-refractivity contribution in [3.8, 4) is 0 Å². The van der Waals surface area contributed by atoms with E-state index in [0.717, 1.165) is 11.8 Å². The predicted molar refractivity (Wildman–Crippen MR) is 163 cm³/mol. The highest BCUT2D eigenvalue weighted by Gasteiger charge is 2.41. The van der Waals surface area contributed by atoms with Crippen LogP contribution in [0.3, 0.4) is 0 Å². The molecule has 5 N–H and O–H groups in total. The van der Waals surface area contributed by atoms with Crippen molar-refractivity contribution >= 4 is 28.8 Å². The minimum absolute atomic E-state index is 0.433. The number of rotatable bonds is 12. The molecule has 2 saturated carbocycles. The summed E-state index contributed by atoms with van der Waals surface area (Å²) < 4.78 is 0. The number of hydrogen-bond donors (Lipinski definition) is 5. The third-order valence-corrected chi connectivity index (χ3v) is 9.62. The number of para-hydroxylation sites is 1. The van der Waals surface area contributed by atoms with Crippen molar-refractivity contribution < 1.29 is 34.8 Å². The fourth-order valence-electron chi connectivity index (χ4n) is 7.05. The Bertz CT molecular complexity index is 1170. The van der Waals surface area contributed by atoms with Gasteiger partial charge in [-0.05, 0) is 76.1 Å². The topological polar surface area (TPSA) is 151 Å². The number of fused-ring (bicyclic) bond motifs is 1. The van der Waals surface area contributed by atoms with Crippen LogP contribution in [-0.4, -0.2) is 73.5 Å². The van der Waals surface area contributed by atoms with Gasteiger partial charge in [-0.2, -0.15) is 0 Å². The lowest BCUT2D eigenvalue weighted by molar-refractivity contribution is -0.170. The number of aromatic amines is 1. The Kier molecular flexibility index (Phi) is 12.0. The van der Waals surface area contributed by atoms with Crippen LogP contribution < -0.4 is 0 Å². The largest absolute Gasteiger partial charge is 0.481 e. The lowest BCUT2D eigenvalue weighted by Gasteiger charge is -2.45. The van der Waals surface area contributed by atoms with Gasteiger partial charge in [-0.3, -0.25) is 9.59 Å². The summed E-state index contributed by atoms with van der Waals surface area (Å²) in [5.74, 6) is -3.40. The van der Waals surface area contributed by atoms with Gasteiger partial charge in [0.1, 0.15) is 0 Å². The molecular weight excluding hydrogens is 536 g/mol. The van der Waals surface area contributed by atoms with Crippen LogP contribution in [0.1, 0.15) is 114 Å². The van der Waals surface area contributed by atoms with E-state index in [-0.39, 0.29) is 0 Å². The van der Waals surface area contributed by atoms with Crippen molar-refractivity contribution in [2.75, 3.05) is 14.1 Å². The van der Waals surface area contributed by atoms with Crippen LogP contribution in [0.5, 0.6) is 0 Å². The highest BCUT2D eigenvalue weighted by atomic mass is 16.4. The zero-order valence-electron chi connectivity index (χ0n) is 25.5. The number of H-pyrrole nitrogens is 1. The van der Waals surface area contributed by atoms with Crippen LogP contribution in [0.2, 0.25) is 0 Å². The third-order valence-electron chi connectivity index (χ3n) is 9.62. The summed E-state index contributed by atoms with van der Waals surface area (Å²) in [5.41, 5.74) is 2.33. The smallest absolute Gasteiger partial charge is 0.336 e. The molecule has 0 radical (unpaired) electrons. The van der Waals surface area contributed by atoms with Gasteiger partial charge >= 0.3 is 17.9 Å². The number of aliphatic carboxylic acids is 3. The van der Waals surface area contributed by atoms with Gasteiger partial charge in [0.2, 0.25) is 0 Å². The highest BCUT2D eigenvalue weighted by molar-refractivity contribution is 5.88. The van der Waals surface area contributed by atoms with E-state index in [1.807, 2.05) is 0 Å². The number of nitrogens with zero attached hydrogens (tertiary/aromatic N) is 1. The van der Waals surface area contributed by atoms with Crippen molar-refractivity contribution in [3.63, 3.8) is 0 Å². The minimum atomic E-state index is -2.74. The minimum Gasteiger partial charge on any atom is -0.481 e. The quantitative estimate of drug-likeness (QED) is 0.197. The Morgan fingerprint density at radius 3 is 2.07 bits per heavy atom. The molecule has 234 valence electrons. The second-order valence-corrected chi connectivity index (χ2v) is 12.7. The maximum atomic E-state index is 10.3. The number of carboxylic acids is 3. The normalized spacial score (nSPS) is 21.6. The summed E-state index contributed by atoms with van der Waals surface area (Å²) in [5, 5.41) is 35.3. The monoisotopic (exact) mass is 586 g/mol. The summed E-state index contributed by atoms with van der Waals surface area (Å²) in [7, 11) is 4.63. The zero-order valence-corrected chi connectivity index (χ0v) is 25.5. The van der Waals surface area contributed by atoms with Crippen LogP contribution in [0.4, 0.5) is 0 Å². The fourth-order valence-corrected chi connectivity index (χ4v) is 7.05. The molecule has 0 spiro atoms. The molecule has 0 aliphatic heterocycles. The number of nitrogens with one attached hydrogen (secondary N) is 1. The van der Waals surface area contributed by atoms with Crippen LogP contribution in [0.25, 0.3) is 10.9 Å². The summed E-state index contributed by atoms with van der Waals surface area (Å²) in [6.45, 7) is 2.33. The van der Waals surface area contributed by atoms with Gasteiger partial charge in [-0.15, -0.1) is 0 Å². The number of unbranched alkanes of at least 4 members (excludes halogenated alkanes) is 1. The molecule has 0 amide bonds. The van der Waals surface area contributed by atoms with E-state index in [0.29, 0.717) is 5.54 Å². The molecule has 42 heavy (non-hydrogen) atoms. The van der Waals surface area contributed by atoms with Gasteiger partial charge in [0.05, 0.1) is 12.8 Å². The first kappa shape index (κ1) is 33.6. The Morgan fingerprint density at radius 2 is 1.55 bits per heavy atom. The predicted octanol–water partition coefficient (Wildman–Crippen LogP) is 6.19. The molecule has 1 aromatic heterocycles. The van der Waals surface area contributed by atoms with Gasteiger partial charge in [0.15, 0.2) is 5.60 Å². The molecule has 2 aliphatic rings. The molecule has 9 nitrogen and oxygen atoms in total. The molecule has 2 aromatic rings. The highest BCUT2D eigenvalue weighted by Crippen LogP contribution is 2.45. The molecule has 2 fully saturated rings. The van der Waals surface area contributed by atoms with E-state index < -0.39 is 36.4 Å². The summed E-state index contributed by atoms with van der Waals surface area (Å²) >= 11 is 0. The zero-order chi connectivity index (χ0) is 30.9. The van der Waals surface area contributed by atoms with Crippen molar-refractivity contribution in [3.05, 3.63) is 35.5 Å². The Hall–Kier alpha value is -2.91. The number of carboxylic acid groups (broad SMARTS) is 3. The maximum Gasteiger partial charge on any atom is 0.336 e. The number of aromatic nitrogens is 1. The Labute approximate surface area is 249 Å². The number of benzene rings is 1. The molecule has 0 unspecified atom stereocenters. The average Bonchev–Trinajstić information content (AvgIpc) is 3.30. The number of aliphatic hydroxyl groups is 1. The summed E-state index contributed by atoms with van der Waals surface area (Å²) in [4.78, 5) is 36.9. The molecule has 4 rings (SSSR count). The first-order chi connectivity index (χ1) is 19.9. The van der Waals surface area contributed by atoms with Crippen molar-refractivity contribution in [2.24, 2.45) is 5.92 Å². The van der Waals surface area contributed by atoms with Gasteiger partial charge in [0, 0.05) is 22.1 Å². The lowest BCUT2D eigenvalue weighted by Crippen LogP contribution is -2.46. The van der Waals surface area contributed by atoms with E-state index in [2.05, 4.69) is 55.2 Å². The molecule has 9 heteroatoms. The molecule has 0 atom stereocenters. The van der Waals surface area contributed by atoms with Gasteiger partial charge in [-0.25, -0.2) is 4.79 Å². The maximum absolute atomic E-state index is 10.3. The van der Waals surface area contributed by atoms with Crippen molar-refractivity contribution in [1.29, 1.82) is 0 Å². The van der Waals surface area contributed by atoms with Crippen LogP contribution in [0, 0.1) is 5.92 Å². The third kappa shape index (κ3) is 8.57. The van der Waals surface area contributed by atoms with Gasteiger partial charge in [-0.1, -0.05) is 70.1 Å². The standard InChI is InChI=1S/C27H42N2.C6H8O7/c1-4-5-17-27(29(2)3)18-15-22(16-19-27)26-24(20-21-11-7-6-8-12-21)23-13-9-10-14-25(23)28-26;7-3(8)1-6(13,5(11)12)2-4(9)10/h9-10,13-14,21-22,28H,4-8,11-12,15-20H2,1-3H3;13H,1-2H2,(H,7,8)(H,9,10)(H,11,12). The average molecular weight is 587 g/mol. The first-order valence-corrected chi connectivity index (χ1v) is 15.6. The van der Waals surface area contributed by atoms with E-state index >= 15 is 0 Å². The van der Waals surface area contributed by atoms with E-state index in [1.54, 1.807) is 11.3 Å². The Morgan fingerprint density at radius 1 is 0.952 bits per heavy atom. The van der Waals surface area contributed by atoms with Gasteiger partial charge < -0.3 is 30.3 Å². The molecule has 2 aliphatic carbocycles. The summed E-state index contributed by atoms with van der Waals surface area (Å²) in [6.07, 6.45) is 15.6. The summed E-state index contributed by atoms with van der Waals surface area (Å²) in [6, 6.07) is 9.07. The van der Waals surface area contributed by atoms with Crippen LogP contribution in [0.15, 0.2) is 24.3 Å². The fraction of sp³-hybridized carbons (Fsp3) is 0.667. The molecule has 1 heterocycles. The van der Waals surface area contributed by atoms with Gasteiger partial charge in [0.25, 0.3) is 0 Å². The molecule has 0 bridgehead atoms. The lowest BCUT2D eigenvalue weighted by atomic mass is 9.71. The Balaban J connectivity index is 0.000000316. The SMILES string of the molecule is CCCCC1(N(C)C)CCC(c2[nH]c3ccccc3c2CC2CCCCC2)CC1.O=C(O)CC(O)(CC(=O)O)C(=O)O. The van der Waals surface area contributed by atoms with E-state index in [1.165, 1.54) is 94.4 Å². The van der Waals surface area contributed by atoms with Crippen LogP contribution in [-0.2, 0) is 20.8 Å². The second-order valence-electron chi connectivity index (χ2n) is 12.7.